The average Bonchev–Trinajstić information content (AvgIpc) is 2.78. The molecule has 110 valence electrons. The molecule has 1 heterocycles. The molecule has 0 radical (unpaired) electrons. The van der Waals surface area contributed by atoms with Gasteiger partial charge in [0.2, 0.25) is 0 Å². The van der Waals surface area contributed by atoms with Gasteiger partial charge in [0.05, 0.1) is 21.1 Å². The van der Waals surface area contributed by atoms with Crippen LogP contribution in [0.25, 0.3) is 5.57 Å². The molecule has 0 saturated heterocycles. The number of fused-ring (bicyclic) bond motifs is 1. The largest absolute Gasteiger partial charge is 0.270 e. The smallest absolute Gasteiger partial charge is 0.261 e. The van der Waals surface area contributed by atoms with E-state index in [9.17, 15) is 9.59 Å². The van der Waals surface area contributed by atoms with E-state index in [1.165, 1.54) is 4.90 Å². The quantitative estimate of drug-likeness (QED) is 0.688. The molecule has 3 rings (SSSR count). The van der Waals surface area contributed by atoms with Crippen LogP contribution in [0.4, 0.5) is 0 Å². The van der Waals surface area contributed by atoms with Crippen LogP contribution in [0.15, 0.2) is 58.0 Å². The molecule has 0 saturated carbocycles. The molecule has 0 aromatic heterocycles. The first-order valence-electron chi connectivity index (χ1n) is 6.64. The Bertz CT molecular complexity index is 745. The molecular formula is C17H11Br2NO2. The Hall–Kier alpha value is -1.72. The van der Waals surface area contributed by atoms with E-state index in [4.69, 9.17) is 0 Å². The van der Waals surface area contributed by atoms with Gasteiger partial charge >= 0.3 is 0 Å². The Morgan fingerprint density at radius 2 is 1.32 bits per heavy atom. The molecule has 0 N–H and O–H groups in total. The van der Waals surface area contributed by atoms with Crippen LogP contribution in [0.5, 0.6) is 0 Å². The van der Waals surface area contributed by atoms with Crippen molar-refractivity contribution < 1.29 is 9.59 Å². The predicted molar refractivity (Wildman–Crippen MR) is 93.0 cm³/mol. The summed E-state index contributed by atoms with van der Waals surface area (Å²) in [6.45, 7) is 0.211. The van der Waals surface area contributed by atoms with Gasteiger partial charge in [0.25, 0.3) is 11.8 Å². The maximum atomic E-state index is 12.4. The van der Waals surface area contributed by atoms with Gasteiger partial charge in [-0.1, -0.05) is 42.5 Å². The summed E-state index contributed by atoms with van der Waals surface area (Å²) >= 11 is 6.81. The summed E-state index contributed by atoms with van der Waals surface area (Å²) in [6, 6.07) is 16.5. The van der Waals surface area contributed by atoms with Crippen molar-refractivity contribution in [2.45, 2.75) is 0 Å². The number of nitrogens with zero attached hydrogens (tertiary/aromatic N) is 1. The number of benzene rings is 2. The molecule has 2 amide bonds. The lowest BCUT2D eigenvalue weighted by Gasteiger charge is -2.17. The van der Waals surface area contributed by atoms with Crippen molar-refractivity contribution in [3.05, 3.63) is 74.7 Å². The number of carbonyl (C=O) groups excluding carboxylic acids is 2. The fourth-order valence-corrected chi connectivity index (χ4v) is 3.15. The van der Waals surface area contributed by atoms with Crippen molar-refractivity contribution in [3.8, 4) is 0 Å². The summed E-state index contributed by atoms with van der Waals surface area (Å²) < 4.78 is 0.725. The number of amides is 2. The van der Waals surface area contributed by atoms with Crippen LogP contribution in [-0.4, -0.2) is 23.3 Å². The third-order valence-electron chi connectivity index (χ3n) is 3.54. The van der Waals surface area contributed by atoms with Crippen molar-refractivity contribution in [1.29, 1.82) is 0 Å². The van der Waals surface area contributed by atoms with Crippen LogP contribution in [0, 0.1) is 0 Å². The molecule has 3 nitrogen and oxygen atoms in total. The third kappa shape index (κ3) is 2.66. The van der Waals surface area contributed by atoms with Gasteiger partial charge in [-0.15, -0.1) is 0 Å². The van der Waals surface area contributed by atoms with Gasteiger partial charge in [0.1, 0.15) is 0 Å². The van der Waals surface area contributed by atoms with Crippen molar-refractivity contribution in [2.24, 2.45) is 0 Å². The molecule has 0 unspecified atom stereocenters. The van der Waals surface area contributed by atoms with Crippen LogP contribution >= 0.6 is 31.9 Å². The van der Waals surface area contributed by atoms with Crippen LogP contribution < -0.4 is 0 Å². The number of carbonyl (C=O) groups is 2. The van der Waals surface area contributed by atoms with E-state index in [0.29, 0.717) is 11.1 Å². The Kier molecular flexibility index (Phi) is 4.27. The van der Waals surface area contributed by atoms with E-state index in [0.717, 1.165) is 14.5 Å². The van der Waals surface area contributed by atoms with Crippen LogP contribution in [0.2, 0.25) is 0 Å². The molecule has 22 heavy (non-hydrogen) atoms. The summed E-state index contributed by atoms with van der Waals surface area (Å²) in [5.41, 5.74) is 2.72. The minimum atomic E-state index is -0.254. The fourth-order valence-electron chi connectivity index (χ4n) is 2.44. The van der Waals surface area contributed by atoms with Crippen molar-refractivity contribution in [3.63, 3.8) is 0 Å². The van der Waals surface area contributed by atoms with Crippen molar-refractivity contribution in [2.75, 3.05) is 6.54 Å². The van der Waals surface area contributed by atoms with E-state index >= 15 is 0 Å². The molecule has 1 aliphatic rings. The highest BCUT2D eigenvalue weighted by Gasteiger charge is 2.35. The lowest BCUT2D eigenvalue weighted by atomic mass is 10.1. The van der Waals surface area contributed by atoms with Gasteiger partial charge in [0, 0.05) is 5.57 Å². The minimum absolute atomic E-state index is 0.211. The van der Waals surface area contributed by atoms with Crippen LogP contribution in [0.3, 0.4) is 0 Å². The summed E-state index contributed by atoms with van der Waals surface area (Å²) in [5.74, 6) is -0.509. The zero-order valence-corrected chi connectivity index (χ0v) is 14.6. The normalized spacial score (nSPS) is 13.3. The molecule has 2 aromatic rings. The van der Waals surface area contributed by atoms with Gasteiger partial charge in [-0.2, -0.15) is 0 Å². The number of hydrogen-bond acceptors (Lipinski definition) is 2. The Balaban J connectivity index is 1.95. The maximum absolute atomic E-state index is 12.4. The van der Waals surface area contributed by atoms with Crippen LogP contribution in [0.1, 0.15) is 26.3 Å². The van der Waals surface area contributed by atoms with Gasteiger partial charge in [-0.3, -0.25) is 14.5 Å². The number of rotatable bonds is 3. The van der Waals surface area contributed by atoms with E-state index in [-0.39, 0.29) is 18.4 Å². The highest BCUT2D eigenvalue weighted by molar-refractivity contribution is 9.28. The van der Waals surface area contributed by atoms with E-state index < -0.39 is 0 Å². The maximum Gasteiger partial charge on any atom is 0.261 e. The van der Waals surface area contributed by atoms with Gasteiger partial charge < -0.3 is 0 Å². The summed E-state index contributed by atoms with van der Waals surface area (Å²) in [7, 11) is 0. The number of hydrogen-bond donors (Lipinski definition) is 0. The minimum Gasteiger partial charge on any atom is -0.270 e. The molecule has 1 aliphatic heterocycles. The first-order valence-corrected chi connectivity index (χ1v) is 8.23. The van der Waals surface area contributed by atoms with Crippen LogP contribution in [-0.2, 0) is 0 Å². The lowest BCUT2D eigenvalue weighted by Crippen LogP contribution is -2.31. The Morgan fingerprint density at radius 3 is 1.82 bits per heavy atom. The Morgan fingerprint density at radius 1 is 0.818 bits per heavy atom. The second-order valence-corrected chi connectivity index (χ2v) is 7.50. The standard InChI is InChI=1S/C17H11Br2NO2/c18-15(19)14(11-6-2-1-3-7-11)10-20-16(21)12-8-4-5-9-13(12)17(20)22/h1-9H,10H2. The summed E-state index contributed by atoms with van der Waals surface area (Å²) in [6.07, 6.45) is 0. The fraction of sp³-hybridized carbons (Fsp3) is 0.0588. The highest BCUT2D eigenvalue weighted by Crippen LogP contribution is 2.31. The molecule has 0 atom stereocenters. The SMILES string of the molecule is O=C1c2ccccc2C(=O)N1CC(=C(Br)Br)c1ccccc1. The molecular weight excluding hydrogens is 410 g/mol. The van der Waals surface area contributed by atoms with Gasteiger partial charge in [0.15, 0.2) is 0 Å². The molecule has 0 fully saturated rings. The Labute approximate surface area is 144 Å². The van der Waals surface area contributed by atoms with E-state index in [1.807, 2.05) is 30.3 Å². The first-order chi connectivity index (χ1) is 10.6. The predicted octanol–water partition coefficient (Wildman–Crippen LogP) is 4.44. The monoisotopic (exact) mass is 419 g/mol. The van der Waals surface area contributed by atoms with Gasteiger partial charge in [-0.05, 0) is 49.6 Å². The van der Waals surface area contributed by atoms with Gasteiger partial charge in [-0.25, -0.2) is 0 Å². The highest BCUT2D eigenvalue weighted by atomic mass is 79.9. The lowest BCUT2D eigenvalue weighted by molar-refractivity contribution is 0.0675. The number of imide groups is 1. The zero-order chi connectivity index (χ0) is 15.7. The molecule has 2 aromatic carbocycles. The molecule has 0 spiro atoms. The third-order valence-corrected chi connectivity index (χ3v) is 4.50. The van der Waals surface area contributed by atoms with E-state index in [1.54, 1.807) is 24.3 Å². The summed E-state index contributed by atoms with van der Waals surface area (Å²) in [5, 5.41) is 0. The molecule has 5 heteroatoms. The topological polar surface area (TPSA) is 37.4 Å². The summed E-state index contributed by atoms with van der Waals surface area (Å²) in [4.78, 5) is 26.2. The van der Waals surface area contributed by atoms with Crippen molar-refractivity contribution >= 4 is 49.2 Å². The van der Waals surface area contributed by atoms with E-state index in [2.05, 4.69) is 31.9 Å². The first kappa shape index (κ1) is 15.2. The van der Waals surface area contributed by atoms with Crippen molar-refractivity contribution in [1.82, 2.24) is 4.90 Å². The second-order valence-electron chi connectivity index (χ2n) is 4.85. The zero-order valence-electron chi connectivity index (χ0n) is 11.4. The molecule has 0 bridgehead atoms. The second kappa shape index (κ2) is 6.18. The average molecular weight is 421 g/mol. The number of halogens is 2. The molecule has 0 aliphatic carbocycles.